The first kappa shape index (κ1) is 27.0. The molecule has 1 atom stereocenters. The van der Waals surface area contributed by atoms with E-state index < -0.39 is 0 Å². The van der Waals surface area contributed by atoms with Gasteiger partial charge in [-0.1, -0.05) is 6.07 Å². The van der Waals surface area contributed by atoms with Gasteiger partial charge >= 0.3 is 0 Å². The minimum Gasteiger partial charge on any atom is -0.493 e. The Labute approximate surface area is 210 Å². The Morgan fingerprint density at radius 2 is 1.94 bits per heavy atom. The summed E-state index contributed by atoms with van der Waals surface area (Å²) in [6.07, 6.45) is 6.18. The SMILES string of the molecule is CCNC(=NCc1ccc(OC)c(OC2CCCC2)c1)N1CCC(COCCOC)C1.I. The van der Waals surface area contributed by atoms with E-state index in [4.69, 9.17) is 23.9 Å². The summed E-state index contributed by atoms with van der Waals surface area (Å²) < 4.78 is 22.5. The van der Waals surface area contributed by atoms with Crippen LogP contribution in [0, 0.1) is 5.92 Å². The molecule has 0 aromatic heterocycles. The fourth-order valence-electron chi connectivity index (χ4n) is 4.24. The Kier molecular flexibility index (Phi) is 12.5. The largest absolute Gasteiger partial charge is 0.493 e. The van der Waals surface area contributed by atoms with Crippen molar-refractivity contribution in [2.24, 2.45) is 10.9 Å². The number of rotatable bonds is 11. The third-order valence-corrected chi connectivity index (χ3v) is 5.94. The summed E-state index contributed by atoms with van der Waals surface area (Å²) in [4.78, 5) is 7.25. The maximum absolute atomic E-state index is 6.24. The number of halogens is 1. The molecule has 1 heterocycles. The van der Waals surface area contributed by atoms with Gasteiger partial charge in [0.2, 0.25) is 0 Å². The van der Waals surface area contributed by atoms with Crippen LogP contribution in [0.5, 0.6) is 11.5 Å². The van der Waals surface area contributed by atoms with Crippen LogP contribution in [0.4, 0.5) is 0 Å². The van der Waals surface area contributed by atoms with Gasteiger partial charge in [-0.05, 0) is 56.7 Å². The zero-order valence-electron chi connectivity index (χ0n) is 19.8. The van der Waals surface area contributed by atoms with E-state index in [1.165, 1.54) is 12.8 Å². The highest BCUT2D eigenvalue weighted by atomic mass is 127. The molecular formula is C24H40IN3O4. The summed E-state index contributed by atoms with van der Waals surface area (Å²) >= 11 is 0. The molecule has 1 N–H and O–H groups in total. The third kappa shape index (κ3) is 8.26. The molecule has 1 aromatic carbocycles. The lowest BCUT2D eigenvalue weighted by atomic mass is 10.1. The molecule has 8 heteroatoms. The molecule has 7 nitrogen and oxygen atoms in total. The third-order valence-electron chi connectivity index (χ3n) is 5.94. The molecular weight excluding hydrogens is 521 g/mol. The molecule has 2 fully saturated rings. The second kappa shape index (κ2) is 14.8. The van der Waals surface area contributed by atoms with Gasteiger partial charge in [0.05, 0.1) is 39.6 Å². The number of methoxy groups -OCH3 is 2. The van der Waals surface area contributed by atoms with Gasteiger partial charge in [-0.3, -0.25) is 0 Å². The minimum absolute atomic E-state index is 0. The van der Waals surface area contributed by atoms with Crippen LogP contribution in [-0.4, -0.2) is 70.6 Å². The lowest BCUT2D eigenvalue weighted by Gasteiger charge is -2.22. The Morgan fingerprint density at radius 3 is 2.66 bits per heavy atom. The van der Waals surface area contributed by atoms with Gasteiger partial charge in [0.1, 0.15) is 0 Å². The van der Waals surface area contributed by atoms with Crippen molar-refractivity contribution in [1.82, 2.24) is 10.2 Å². The van der Waals surface area contributed by atoms with Gasteiger partial charge in [-0.15, -0.1) is 24.0 Å². The van der Waals surface area contributed by atoms with Gasteiger partial charge in [0.25, 0.3) is 0 Å². The normalized spacial score (nSPS) is 19.2. The maximum atomic E-state index is 6.24. The zero-order chi connectivity index (χ0) is 21.9. The monoisotopic (exact) mass is 561 g/mol. The molecule has 1 saturated heterocycles. The number of likely N-dealkylation sites (tertiary alicyclic amines) is 1. The molecule has 0 bridgehead atoms. The van der Waals surface area contributed by atoms with Gasteiger partial charge in [0, 0.05) is 32.7 Å². The lowest BCUT2D eigenvalue weighted by molar-refractivity contribution is 0.0536. The summed E-state index contributed by atoms with van der Waals surface area (Å²) in [6.45, 7) is 7.62. The average molecular weight is 562 g/mol. The number of hydrogen-bond acceptors (Lipinski definition) is 5. The topological polar surface area (TPSA) is 64.6 Å². The highest BCUT2D eigenvalue weighted by Gasteiger charge is 2.25. The van der Waals surface area contributed by atoms with Crippen LogP contribution in [0.3, 0.4) is 0 Å². The van der Waals surface area contributed by atoms with Crippen LogP contribution in [0.15, 0.2) is 23.2 Å². The second-order valence-electron chi connectivity index (χ2n) is 8.35. The van der Waals surface area contributed by atoms with Crippen LogP contribution >= 0.6 is 24.0 Å². The van der Waals surface area contributed by atoms with Crippen molar-refractivity contribution >= 4 is 29.9 Å². The molecule has 0 spiro atoms. The van der Waals surface area contributed by atoms with Crippen LogP contribution in [0.25, 0.3) is 0 Å². The average Bonchev–Trinajstić information content (AvgIpc) is 3.47. The van der Waals surface area contributed by atoms with E-state index in [0.29, 0.717) is 31.8 Å². The predicted molar refractivity (Wildman–Crippen MR) is 138 cm³/mol. The fraction of sp³-hybridized carbons (Fsp3) is 0.708. The lowest BCUT2D eigenvalue weighted by Crippen LogP contribution is -2.40. The van der Waals surface area contributed by atoms with Crippen molar-refractivity contribution in [3.63, 3.8) is 0 Å². The smallest absolute Gasteiger partial charge is 0.194 e. The maximum Gasteiger partial charge on any atom is 0.194 e. The van der Waals surface area contributed by atoms with E-state index in [-0.39, 0.29) is 24.0 Å². The Balaban J connectivity index is 0.00000363. The predicted octanol–water partition coefficient (Wildman–Crippen LogP) is 4.09. The molecule has 2 aliphatic rings. The van der Waals surface area contributed by atoms with Crippen molar-refractivity contribution < 1.29 is 18.9 Å². The van der Waals surface area contributed by atoms with Crippen molar-refractivity contribution in [2.45, 2.75) is 51.7 Å². The van der Waals surface area contributed by atoms with E-state index in [1.807, 2.05) is 6.07 Å². The number of guanidine groups is 1. The first-order valence-electron chi connectivity index (χ1n) is 11.7. The Hall–Kier alpha value is -1.26. The molecule has 3 rings (SSSR count). The molecule has 0 radical (unpaired) electrons. The molecule has 1 aromatic rings. The van der Waals surface area contributed by atoms with Crippen LogP contribution in [-0.2, 0) is 16.0 Å². The van der Waals surface area contributed by atoms with E-state index >= 15 is 0 Å². The minimum atomic E-state index is 0. The van der Waals surface area contributed by atoms with Crippen molar-refractivity contribution in [2.75, 3.05) is 53.7 Å². The second-order valence-corrected chi connectivity index (χ2v) is 8.35. The quantitative estimate of drug-likeness (QED) is 0.190. The Morgan fingerprint density at radius 1 is 1.12 bits per heavy atom. The van der Waals surface area contributed by atoms with Crippen LogP contribution in [0.2, 0.25) is 0 Å². The number of aliphatic imine (C=N–C) groups is 1. The highest BCUT2D eigenvalue weighted by Crippen LogP contribution is 2.32. The van der Waals surface area contributed by atoms with E-state index in [9.17, 15) is 0 Å². The summed E-state index contributed by atoms with van der Waals surface area (Å²) in [7, 11) is 3.40. The van der Waals surface area contributed by atoms with Gasteiger partial charge in [-0.25, -0.2) is 4.99 Å². The molecule has 1 aliphatic heterocycles. The molecule has 1 unspecified atom stereocenters. The summed E-state index contributed by atoms with van der Waals surface area (Å²) in [5, 5.41) is 3.45. The summed E-state index contributed by atoms with van der Waals surface area (Å²) in [6, 6.07) is 6.15. The van der Waals surface area contributed by atoms with Gasteiger partial charge in [-0.2, -0.15) is 0 Å². The zero-order valence-corrected chi connectivity index (χ0v) is 22.1. The number of nitrogens with one attached hydrogen (secondary N) is 1. The number of nitrogens with zero attached hydrogens (tertiary/aromatic N) is 2. The van der Waals surface area contributed by atoms with Gasteiger partial charge in [0.15, 0.2) is 17.5 Å². The van der Waals surface area contributed by atoms with E-state index in [2.05, 4.69) is 29.3 Å². The van der Waals surface area contributed by atoms with Gasteiger partial charge < -0.3 is 29.2 Å². The van der Waals surface area contributed by atoms with E-state index in [1.54, 1.807) is 14.2 Å². The first-order valence-corrected chi connectivity index (χ1v) is 11.7. The number of hydrogen-bond donors (Lipinski definition) is 1. The van der Waals surface area contributed by atoms with Crippen LogP contribution < -0.4 is 14.8 Å². The summed E-state index contributed by atoms with van der Waals surface area (Å²) in [5.41, 5.74) is 1.13. The van der Waals surface area contributed by atoms with Crippen LogP contribution in [0.1, 0.15) is 44.6 Å². The molecule has 1 saturated carbocycles. The molecule has 1 aliphatic carbocycles. The molecule has 182 valence electrons. The van der Waals surface area contributed by atoms with Crippen molar-refractivity contribution in [3.8, 4) is 11.5 Å². The number of ether oxygens (including phenoxy) is 4. The highest BCUT2D eigenvalue weighted by molar-refractivity contribution is 14.0. The van der Waals surface area contributed by atoms with E-state index in [0.717, 1.165) is 68.5 Å². The first-order chi connectivity index (χ1) is 15.2. The summed E-state index contributed by atoms with van der Waals surface area (Å²) in [5.74, 6) is 3.13. The Bertz CT molecular complexity index is 698. The standard InChI is InChI=1S/C24H39N3O4.HI/c1-4-25-24(27-12-11-20(17-27)18-30-14-13-28-2)26-16-19-9-10-22(29-3)23(15-19)31-21-7-5-6-8-21;/h9-10,15,20-21H,4-8,11-14,16-18H2,1-3H3,(H,25,26);1H. The fourth-order valence-corrected chi connectivity index (χ4v) is 4.24. The number of benzene rings is 1. The van der Waals surface area contributed by atoms with Crippen molar-refractivity contribution in [3.05, 3.63) is 23.8 Å². The van der Waals surface area contributed by atoms with Crippen molar-refractivity contribution in [1.29, 1.82) is 0 Å². The molecule has 0 amide bonds. The molecule has 32 heavy (non-hydrogen) atoms.